The van der Waals surface area contributed by atoms with Gasteiger partial charge in [0.2, 0.25) is 0 Å². The van der Waals surface area contributed by atoms with Crippen LogP contribution >= 0.6 is 0 Å². The standard InChI is InChI=1S/C32H39NO3/c1-8-28(2,3)18-10-12-24-20(15-18)21-16-19-9-11-22-23-17-25(34)27-29(4,5)36-32(23,35-27)14-13-30(22,6)31(19,7)26(21)33-24/h8,10,12,15,17,19,22,27,33H,1,9,11,13-14,16H2,2-7H3/t19-,22-,27-,30-,31+,32-/m0/s1. The van der Waals surface area contributed by atoms with Crippen molar-refractivity contribution in [3.05, 3.63) is 59.3 Å². The molecule has 1 aromatic heterocycles. The van der Waals surface area contributed by atoms with Crippen LogP contribution in [0.2, 0.25) is 0 Å². The smallest absolute Gasteiger partial charge is 0.193 e. The van der Waals surface area contributed by atoms with Crippen molar-refractivity contribution in [2.24, 2.45) is 17.3 Å². The predicted octanol–water partition coefficient (Wildman–Crippen LogP) is 6.67. The zero-order chi connectivity index (χ0) is 25.5. The molecule has 6 atom stereocenters. The van der Waals surface area contributed by atoms with E-state index in [9.17, 15) is 4.79 Å². The van der Waals surface area contributed by atoms with Crippen molar-refractivity contribution in [3.63, 3.8) is 0 Å². The third kappa shape index (κ3) is 2.51. The topological polar surface area (TPSA) is 51.3 Å². The van der Waals surface area contributed by atoms with Gasteiger partial charge in [-0.1, -0.05) is 39.8 Å². The Labute approximate surface area is 214 Å². The van der Waals surface area contributed by atoms with Gasteiger partial charge in [0.25, 0.3) is 0 Å². The molecule has 36 heavy (non-hydrogen) atoms. The Morgan fingerprint density at radius 1 is 1.14 bits per heavy atom. The molecule has 2 aliphatic heterocycles. The lowest BCUT2D eigenvalue weighted by molar-refractivity contribution is -0.205. The molecule has 7 rings (SSSR count). The number of H-pyrrole nitrogens is 1. The highest BCUT2D eigenvalue weighted by atomic mass is 16.8. The maximum Gasteiger partial charge on any atom is 0.193 e. The van der Waals surface area contributed by atoms with Crippen LogP contribution in [-0.4, -0.2) is 28.3 Å². The van der Waals surface area contributed by atoms with Gasteiger partial charge in [-0.15, -0.1) is 6.58 Å². The second kappa shape index (κ2) is 6.63. The first-order valence-corrected chi connectivity index (χ1v) is 13.8. The number of aromatic nitrogens is 1. The van der Waals surface area contributed by atoms with Crippen LogP contribution in [0, 0.1) is 17.3 Å². The van der Waals surface area contributed by atoms with Crippen molar-refractivity contribution in [2.75, 3.05) is 0 Å². The highest BCUT2D eigenvalue weighted by Gasteiger charge is 2.69. The van der Waals surface area contributed by atoms with Gasteiger partial charge < -0.3 is 14.5 Å². The Bertz CT molecular complexity index is 1380. The van der Waals surface area contributed by atoms with Gasteiger partial charge in [0, 0.05) is 33.8 Å². The van der Waals surface area contributed by atoms with Gasteiger partial charge in [-0.05, 0) is 91.7 Å². The van der Waals surface area contributed by atoms with Gasteiger partial charge in [0.15, 0.2) is 17.7 Å². The summed E-state index contributed by atoms with van der Waals surface area (Å²) in [7, 11) is 0. The van der Waals surface area contributed by atoms with E-state index in [0.29, 0.717) is 5.92 Å². The molecule has 0 radical (unpaired) electrons. The van der Waals surface area contributed by atoms with E-state index >= 15 is 0 Å². The first kappa shape index (κ1) is 23.0. The number of hydrogen-bond acceptors (Lipinski definition) is 3. The number of fused-ring (bicyclic) bond motifs is 9. The first-order chi connectivity index (χ1) is 16.9. The molecule has 1 aromatic carbocycles. The molecule has 0 unspecified atom stereocenters. The summed E-state index contributed by atoms with van der Waals surface area (Å²) >= 11 is 0. The van der Waals surface area contributed by atoms with E-state index in [1.807, 2.05) is 26.0 Å². The number of hydrogen-bond donors (Lipinski definition) is 1. The van der Waals surface area contributed by atoms with Gasteiger partial charge in [0.1, 0.15) is 5.60 Å². The van der Waals surface area contributed by atoms with Gasteiger partial charge in [-0.25, -0.2) is 0 Å². The molecular formula is C32H39NO3. The lowest BCUT2D eigenvalue weighted by Crippen LogP contribution is -2.60. The second-order valence-corrected chi connectivity index (χ2v) is 13.8. The Balaban J connectivity index is 1.36. The third-order valence-electron chi connectivity index (χ3n) is 11.4. The molecule has 3 heterocycles. The van der Waals surface area contributed by atoms with Crippen molar-refractivity contribution >= 4 is 16.7 Å². The number of carbonyl (C=O) groups excluding carboxylic acids is 1. The molecule has 1 spiro atoms. The van der Waals surface area contributed by atoms with Crippen LogP contribution in [0.3, 0.4) is 0 Å². The normalized spacial score (nSPS) is 40.3. The van der Waals surface area contributed by atoms with E-state index in [0.717, 1.165) is 37.7 Å². The first-order valence-electron chi connectivity index (χ1n) is 13.8. The van der Waals surface area contributed by atoms with Gasteiger partial charge in [-0.2, -0.15) is 0 Å². The number of rotatable bonds is 2. The summed E-state index contributed by atoms with van der Waals surface area (Å²) in [5.41, 5.74) is 5.98. The lowest BCUT2D eigenvalue weighted by Gasteiger charge is -2.61. The molecular weight excluding hydrogens is 446 g/mol. The number of carbonyl (C=O) groups is 1. The highest BCUT2D eigenvalue weighted by molar-refractivity contribution is 5.97. The Hall–Kier alpha value is -2.17. The zero-order valence-corrected chi connectivity index (χ0v) is 22.6. The van der Waals surface area contributed by atoms with Crippen molar-refractivity contribution in [2.45, 2.75) is 102 Å². The van der Waals surface area contributed by atoms with E-state index in [2.05, 4.69) is 57.5 Å². The fourth-order valence-electron chi connectivity index (χ4n) is 8.95. The van der Waals surface area contributed by atoms with Gasteiger partial charge >= 0.3 is 0 Å². The van der Waals surface area contributed by atoms with Crippen molar-refractivity contribution in [1.82, 2.24) is 4.98 Å². The maximum atomic E-state index is 13.2. The Morgan fingerprint density at radius 3 is 2.67 bits per heavy atom. The minimum Gasteiger partial charge on any atom is -0.358 e. The molecule has 3 aliphatic carbocycles. The molecule has 2 saturated carbocycles. The van der Waals surface area contributed by atoms with Crippen molar-refractivity contribution in [3.8, 4) is 0 Å². The number of ketones is 1. The molecule has 3 fully saturated rings. The fraction of sp³-hybridized carbons (Fsp3) is 0.594. The number of aromatic amines is 1. The number of ether oxygens (including phenoxy) is 2. The number of allylic oxidation sites excluding steroid dienone is 1. The summed E-state index contributed by atoms with van der Waals surface area (Å²) in [6, 6.07) is 6.90. The summed E-state index contributed by atoms with van der Waals surface area (Å²) in [5.74, 6) is 0.236. The predicted molar refractivity (Wildman–Crippen MR) is 142 cm³/mol. The van der Waals surface area contributed by atoms with Crippen LogP contribution in [0.15, 0.2) is 42.5 Å². The molecule has 190 valence electrons. The molecule has 0 amide bonds. The van der Waals surface area contributed by atoms with Gasteiger partial charge in [0.05, 0.1) is 0 Å². The molecule has 2 aromatic rings. The molecule has 5 aliphatic rings. The molecule has 1 N–H and O–H groups in total. The van der Waals surface area contributed by atoms with E-state index in [4.69, 9.17) is 9.47 Å². The fourth-order valence-corrected chi connectivity index (χ4v) is 8.95. The number of nitrogens with one attached hydrogen (secondary N) is 1. The second-order valence-electron chi connectivity index (χ2n) is 13.8. The van der Waals surface area contributed by atoms with Gasteiger partial charge in [-0.3, -0.25) is 4.79 Å². The third-order valence-corrected chi connectivity index (χ3v) is 11.4. The average Bonchev–Trinajstić information content (AvgIpc) is 3.41. The van der Waals surface area contributed by atoms with Crippen molar-refractivity contribution in [1.29, 1.82) is 0 Å². The zero-order valence-electron chi connectivity index (χ0n) is 22.6. The summed E-state index contributed by atoms with van der Waals surface area (Å²) < 4.78 is 13.1. The van der Waals surface area contributed by atoms with Crippen LogP contribution in [-0.2, 0) is 31.5 Å². The molecule has 4 nitrogen and oxygen atoms in total. The quantitative estimate of drug-likeness (QED) is 0.483. The van der Waals surface area contributed by atoms with Crippen LogP contribution in [0.1, 0.15) is 84.0 Å². The number of benzene rings is 1. The minimum absolute atomic E-state index is 0.00879. The largest absolute Gasteiger partial charge is 0.358 e. The lowest BCUT2D eigenvalue weighted by atomic mass is 9.44. The monoisotopic (exact) mass is 485 g/mol. The summed E-state index contributed by atoms with van der Waals surface area (Å²) in [5, 5.41) is 1.37. The minimum atomic E-state index is -0.720. The van der Waals surface area contributed by atoms with E-state index in [1.54, 1.807) is 0 Å². The Morgan fingerprint density at radius 2 is 1.92 bits per heavy atom. The van der Waals surface area contributed by atoms with E-state index < -0.39 is 17.5 Å². The van der Waals surface area contributed by atoms with Crippen molar-refractivity contribution < 1.29 is 14.3 Å². The molecule has 4 heteroatoms. The molecule has 1 saturated heterocycles. The summed E-state index contributed by atoms with van der Waals surface area (Å²) in [6.45, 7) is 17.5. The Kier molecular flexibility index (Phi) is 4.23. The van der Waals surface area contributed by atoms with E-state index in [-0.39, 0.29) is 27.9 Å². The van der Waals surface area contributed by atoms with Crippen LogP contribution in [0.5, 0.6) is 0 Å². The average molecular weight is 486 g/mol. The van der Waals surface area contributed by atoms with Crippen LogP contribution in [0.4, 0.5) is 0 Å². The van der Waals surface area contributed by atoms with Crippen LogP contribution < -0.4 is 0 Å². The summed E-state index contributed by atoms with van der Waals surface area (Å²) in [4.78, 5) is 17.1. The van der Waals surface area contributed by atoms with Crippen LogP contribution in [0.25, 0.3) is 10.9 Å². The SMILES string of the molecule is C=CC(C)(C)c1ccc2[nH]c3c(c2c1)C[C@@H]1CC[C@H]2C4=CC(=O)[C@@H]5O[C@@]4(CC[C@]2(C)[C@@]31C)OC5(C)C. The summed E-state index contributed by atoms with van der Waals surface area (Å²) in [6.07, 6.45) is 8.70. The molecule has 2 bridgehead atoms. The highest BCUT2D eigenvalue weighted by Crippen LogP contribution is 2.70. The maximum absolute atomic E-state index is 13.2. The van der Waals surface area contributed by atoms with E-state index in [1.165, 1.54) is 27.7 Å².